The fraction of sp³-hybridized carbons (Fsp3) is 0.214. The van der Waals surface area contributed by atoms with Gasteiger partial charge in [-0.15, -0.1) is 0 Å². The molecule has 1 aliphatic heterocycles. The van der Waals surface area contributed by atoms with Gasteiger partial charge in [-0.05, 0) is 24.1 Å². The Bertz CT molecular complexity index is 772. The van der Waals surface area contributed by atoms with Crippen LogP contribution in [-0.4, -0.2) is 33.1 Å². The molecule has 0 radical (unpaired) electrons. The number of amides is 2. The van der Waals surface area contributed by atoms with Crippen molar-refractivity contribution in [2.24, 2.45) is 0 Å². The third-order valence-electron chi connectivity index (χ3n) is 3.56. The number of nitrogens with one attached hydrogen (secondary N) is 1. The average Bonchev–Trinajstić information content (AvgIpc) is 2.46. The zero-order chi connectivity index (χ0) is 15.0. The standard InChI is InChI=1S/C14H11N3O4/c18-12-2-1-9(13(19)17-12)7-3-8-5-15-16-6-11(8)10(4-7)14(20)21/h3-6,9H,1-2H2,(H,20,21)(H,17,18,19). The fourth-order valence-electron chi connectivity index (χ4n) is 2.53. The van der Waals surface area contributed by atoms with Gasteiger partial charge in [-0.3, -0.25) is 14.9 Å². The lowest BCUT2D eigenvalue weighted by Gasteiger charge is -2.21. The Morgan fingerprint density at radius 1 is 1.24 bits per heavy atom. The SMILES string of the molecule is O=C1CCC(c2cc(C(=O)O)c3cnncc3c2)C(=O)N1. The molecule has 7 nitrogen and oxygen atoms in total. The summed E-state index contributed by atoms with van der Waals surface area (Å²) in [6, 6.07) is 3.18. The van der Waals surface area contributed by atoms with E-state index in [2.05, 4.69) is 15.5 Å². The molecule has 2 N–H and O–H groups in total. The molecule has 1 aliphatic rings. The highest BCUT2D eigenvalue weighted by atomic mass is 16.4. The highest BCUT2D eigenvalue weighted by molar-refractivity contribution is 6.05. The number of carbonyl (C=O) groups excluding carboxylic acids is 2. The highest BCUT2D eigenvalue weighted by Crippen LogP contribution is 2.29. The van der Waals surface area contributed by atoms with Crippen molar-refractivity contribution in [3.05, 3.63) is 35.7 Å². The number of hydrogen-bond donors (Lipinski definition) is 2. The molecule has 0 aliphatic carbocycles. The van der Waals surface area contributed by atoms with E-state index in [0.717, 1.165) is 0 Å². The van der Waals surface area contributed by atoms with Crippen molar-refractivity contribution >= 4 is 28.6 Å². The maximum Gasteiger partial charge on any atom is 0.336 e. The molecule has 1 unspecified atom stereocenters. The van der Waals surface area contributed by atoms with Gasteiger partial charge in [-0.25, -0.2) is 4.79 Å². The second-order valence-corrected chi connectivity index (χ2v) is 4.87. The van der Waals surface area contributed by atoms with Crippen molar-refractivity contribution in [3.63, 3.8) is 0 Å². The van der Waals surface area contributed by atoms with Crippen LogP contribution in [0.1, 0.15) is 34.7 Å². The van der Waals surface area contributed by atoms with Gasteiger partial charge < -0.3 is 5.11 Å². The van der Waals surface area contributed by atoms with Crippen molar-refractivity contribution < 1.29 is 19.5 Å². The van der Waals surface area contributed by atoms with E-state index in [4.69, 9.17) is 0 Å². The molecule has 106 valence electrons. The van der Waals surface area contributed by atoms with Gasteiger partial charge >= 0.3 is 5.97 Å². The maximum absolute atomic E-state index is 11.9. The fourth-order valence-corrected chi connectivity index (χ4v) is 2.53. The molecule has 3 rings (SSSR count). The minimum Gasteiger partial charge on any atom is -0.478 e. The number of carbonyl (C=O) groups is 3. The minimum atomic E-state index is -1.10. The molecule has 1 saturated heterocycles. The van der Waals surface area contributed by atoms with Gasteiger partial charge in [-0.2, -0.15) is 10.2 Å². The third-order valence-corrected chi connectivity index (χ3v) is 3.56. The minimum absolute atomic E-state index is 0.0714. The van der Waals surface area contributed by atoms with E-state index in [1.165, 1.54) is 18.5 Å². The van der Waals surface area contributed by atoms with Gasteiger partial charge in [-0.1, -0.05) is 0 Å². The maximum atomic E-state index is 11.9. The highest BCUT2D eigenvalue weighted by Gasteiger charge is 2.29. The number of benzene rings is 1. The zero-order valence-electron chi connectivity index (χ0n) is 10.9. The molecule has 2 aromatic rings. The van der Waals surface area contributed by atoms with Crippen molar-refractivity contribution in [1.29, 1.82) is 0 Å². The number of piperidine rings is 1. The second-order valence-electron chi connectivity index (χ2n) is 4.87. The van der Waals surface area contributed by atoms with Gasteiger partial charge in [0.2, 0.25) is 11.8 Å². The van der Waals surface area contributed by atoms with E-state index in [0.29, 0.717) is 22.8 Å². The van der Waals surface area contributed by atoms with Crippen molar-refractivity contribution in [2.75, 3.05) is 0 Å². The predicted octanol–water partition coefficient (Wildman–Crippen LogP) is 0.848. The van der Waals surface area contributed by atoms with Gasteiger partial charge in [0.25, 0.3) is 0 Å². The Balaban J connectivity index is 2.13. The Morgan fingerprint density at radius 3 is 2.71 bits per heavy atom. The van der Waals surface area contributed by atoms with Gasteiger partial charge in [0.1, 0.15) is 0 Å². The molecule has 1 aromatic heterocycles. The number of hydrogen-bond acceptors (Lipinski definition) is 5. The van der Waals surface area contributed by atoms with Crippen LogP contribution in [0, 0.1) is 0 Å². The smallest absolute Gasteiger partial charge is 0.336 e. The van der Waals surface area contributed by atoms with Gasteiger partial charge in [0.15, 0.2) is 0 Å². The van der Waals surface area contributed by atoms with Gasteiger partial charge in [0.05, 0.1) is 23.9 Å². The molecule has 2 amide bonds. The van der Waals surface area contributed by atoms with Crippen LogP contribution in [0.5, 0.6) is 0 Å². The molecule has 2 heterocycles. The molecule has 0 bridgehead atoms. The Morgan fingerprint density at radius 2 is 2.00 bits per heavy atom. The molecule has 0 spiro atoms. The van der Waals surface area contributed by atoms with E-state index < -0.39 is 17.8 Å². The van der Waals surface area contributed by atoms with Crippen LogP contribution in [0.2, 0.25) is 0 Å². The second kappa shape index (κ2) is 4.93. The van der Waals surface area contributed by atoms with Crippen molar-refractivity contribution in [1.82, 2.24) is 15.5 Å². The number of imide groups is 1. The zero-order valence-corrected chi connectivity index (χ0v) is 10.9. The first-order valence-electron chi connectivity index (χ1n) is 6.37. The lowest BCUT2D eigenvalue weighted by molar-refractivity contribution is -0.134. The molecule has 21 heavy (non-hydrogen) atoms. The summed E-state index contributed by atoms with van der Waals surface area (Å²) in [5, 5.41) is 20.1. The van der Waals surface area contributed by atoms with Crippen LogP contribution >= 0.6 is 0 Å². The molecular formula is C14H11N3O4. The summed E-state index contributed by atoms with van der Waals surface area (Å²) in [5.41, 5.74) is 0.639. The molecule has 0 saturated carbocycles. The van der Waals surface area contributed by atoms with E-state index in [-0.39, 0.29) is 17.9 Å². The third kappa shape index (κ3) is 2.33. The van der Waals surface area contributed by atoms with E-state index >= 15 is 0 Å². The average molecular weight is 285 g/mol. The summed E-state index contributed by atoms with van der Waals surface area (Å²) in [5.74, 6) is -2.33. The van der Waals surface area contributed by atoms with Crippen LogP contribution in [-0.2, 0) is 9.59 Å². The first kappa shape index (κ1) is 13.2. The Hall–Kier alpha value is -2.83. The topological polar surface area (TPSA) is 109 Å². The first-order valence-corrected chi connectivity index (χ1v) is 6.37. The summed E-state index contributed by atoms with van der Waals surface area (Å²) in [4.78, 5) is 34.5. The van der Waals surface area contributed by atoms with Crippen LogP contribution in [0.15, 0.2) is 24.5 Å². The monoisotopic (exact) mass is 285 g/mol. The Labute approximate surface area is 119 Å². The lowest BCUT2D eigenvalue weighted by Crippen LogP contribution is -2.39. The number of carboxylic acid groups (broad SMARTS) is 1. The number of aromatic carboxylic acids is 1. The Kier molecular flexibility index (Phi) is 3.09. The van der Waals surface area contributed by atoms with E-state index in [1.807, 2.05) is 0 Å². The number of fused-ring (bicyclic) bond motifs is 1. The van der Waals surface area contributed by atoms with Crippen LogP contribution in [0.3, 0.4) is 0 Å². The predicted molar refractivity (Wildman–Crippen MR) is 71.6 cm³/mol. The molecular weight excluding hydrogens is 274 g/mol. The summed E-state index contributed by atoms with van der Waals surface area (Å²) >= 11 is 0. The quantitative estimate of drug-likeness (QED) is 0.792. The summed E-state index contributed by atoms with van der Waals surface area (Å²) in [6.07, 6.45) is 3.45. The summed E-state index contributed by atoms with van der Waals surface area (Å²) in [6.45, 7) is 0. The van der Waals surface area contributed by atoms with Gasteiger partial charge in [0, 0.05) is 17.2 Å². The lowest BCUT2D eigenvalue weighted by atomic mass is 9.88. The summed E-state index contributed by atoms with van der Waals surface area (Å²) < 4.78 is 0. The van der Waals surface area contributed by atoms with Crippen LogP contribution < -0.4 is 5.32 Å². The molecule has 1 fully saturated rings. The van der Waals surface area contributed by atoms with Crippen LogP contribution in [0.4, 0.5) is 0 Å². The largest absolute Gasteiger partial charge is 0.478 e. The number of carboxylic acids is 1. The number of nitrogens with zero attached hydrogens (tertiary/aromatic N) is 2. The summed E-state index contributed by atoms with van der Waals surface area (Å²) in [7, 11) is 0. The normalized spacial score (nSPS) is 18.6. The van der Waals surface area contributed by atoms with Crippen molar-refractivity contribution in [3.8, 4) is 0 Å². The van der Waals surface area contributed by atoms with Crippen LogP contribution in [0.25, 0.3) is 10.8 Å². The van der Waals surface area contributed by atoms with E-state index in [9.17, 15) is 19.5 Å². The number of aromatic nitrogens is 2. The molecule has 1 atom stereocenters. The van der Waals surface area contributed by atoms with Crippen molar-refractivity contribution in [2.45, 2.75) is 18.8 Å². The molecule has 7 heteroatoms. The first-order chi connectivity index (χ1) is 10.1. The van der Waals surface area contributed by atoms with E-state index in [1.54, 1.807) is 6.07 Å². The molecule has 1 aromatic carbocycles. The number of rotatable bonds is 2.